The van der Waals surface area contributed by atoms with Gasteiger partial charge in [0.15, 0.2) is 11.5 Å². The number of benzene rings is 3. The van der Waals surface area contributed by atoms with E-state index in [1.807, 2.05) is 0 Å². The number of carbonyl (C=O) groups is 1. The van der Waals surface area contributed by atoms with Crippen LogP contribution in [0.25, 0.3) is 0 Å². The van der Waals surface area contributed by atoms with Crippen molar-refractivity contribution in [2.45, 2.75) is 13.2 Å². The van der Waals surface area contributed by atoms with Crippen molar-refractivity contribution in [3.63, 3.8) is 0 Å². The first-order valence-corrected chi connectivity index (χ1v) is 8.86. The van der Waals surface area contributed by atoms with Crippen LogP contribution in [0.1, 0.15) is 15.9 Å². The van der Waals surface area contributed by atoms with Crippen molar-refractivity contribution in [3.05, 3.63) is 83.7 Å². The summed E-state index contributed by atoms with van der Waals surface area (Å²) in [4.78, 5) is 12.6. The first-order valence-electron chi connectivity index (χ1n) is 8.86. The molecule has 0 saturated carbocycles. The van der Waals surface area contributed by atoms with Gasteiger partial charge >= 0.3 is 6.61 Å². The second kappa shape index (κ2) is 9.69. The third-order valence-electron chi connectivity index (χ3n) is 4.04. The number of nitrogens with one attached hydrogen (secondary N) is 1. The Morgan fingerprint density at radius 2 is 1.80 bits per heavy atom. The molecule has 0 aliphatic carbocycles. The van der Waals surface area contributed by atoms with E-state index in [1.165, 1.54) is 37.4 Å². The van der Waals surface area contributed by atoms with Gasteiger partial charge in [-0.05, 0) is 42.0 Å². The minimum atomic E-state index is -3.12. The summed E-state index contributed by atoms with van der Waals surface area (Å²) < 4.78 is 53.9. The van der Waals surface area contributed by atoms with Crippen molar-refractivity contribution in [3.8, 4) is 17.2 Å². The third kappa shape index (κ3) is 5.44. The lowest BCUT2D eigenvalue weighted by Gasteiger charge is -2.14. The van der Waals surface area contributed by atoms with Crippen molar-refractivity contribution < 1.29 is 32.2 Å². The second-order valence-electron chi connectivity index (χ2n) is 6.12. The average Bonchev–Trinajstić information content (AvgIpc) is 2.72. The molecule has 0 aliphatic heterocycles. The predicted molar refractivity (Wildman–Crippen MR) is 105 cm³/mol. The second-order valence-corrected chi connectivity index (χ2v) is 6.12. The Hall–Kier alpha value is -3.68. The summed E-state index contributed by atoms with van der Waals surface area (Å²) in [6.45, 7) is -2.98. The molecule has 156 valence electrons. The van der Waals surface area contributed by atoms with Gasteiger partial charge in [-0.3, -0.25) is 4.79 Å². The van der Waals surface area contributed by atoms with Crippen LogP contribution in [0, 0.1) is 5.82 Å². The molecule has 0 saturated heterocycles. The smallest absolute Gasteiger partial charge is 0.387 e. The van der Waals surface area contributed by atoms with Gasteiger partial charge in [-0.25, -0.2) is 4.39 Å². The summed E-state index contributed by atoms with van der Waals surface area (Å²) in [6, 6.07) is 16.7. The molecule has 0 spiro atoms. The van der Waals surface area contributed by atoms with Crippen molar-refractivity contribution >= 4 is 11.6 Å². The summed E-state index contributed by atoms with van der Waals surface area (Å²) >= 11 is 0. The number of halogens is 3. The molecule has 0 radical (unpaired) electrons. The lowest BCUT2D eigenvalue weighted by Crippen LogP contribution is -2.15. The van der Waals surface area contributed by atoms with Gasteiger partial charge in [0.25, 0.3) is 5.91 Å². The molecule has 30 heavy (non-hydrogen) atoms. The molecular formula is C22H18F3NO4. The van der Waals surface area contributed by atoms with E-state index in [-0.39, 0.29) is 29.5 Å². The Morgan fingerprint density at radius 1 is 1.03 bits per heavy atom. The maximum absolute atomic E-state index is 13.3. The predicted octanol–water partition coefficient (Wildman–Crippen LogP) is 5.27. The first-order chi connectivity index (χ1) is 14.5. The maximum atomic E-state index is 13.3. The fraction of sp³-hybridized carbons (Fsp3) is 0.136. The Morgan fingerprint density at radius 3 is 2.53 bits per heavy atom. The van der Waals surface area contributed by atoms with Crippen LogP contribution in [0.2, 0.25) is 0 Å². The number of anilines is 1. The first kappa shape index (κ1) is 21.0. The highest BCUT2D eigenvalue weighted by Crippen LogP contribution is 2.33. The van der Waals surface area contributed by atoms with Crippen LogP contribution in [0.5, 0.6) is 17.2 Å². The zero-order valence-corrected chi connectivity index (χ0v) is 15.9. The summed E-state index contributed by atoms with van der Waals surface area (Å²) in [5, 5.41) is 2.61. The van der Waals surface area contributed by atoms with Gasteiger partial charge in [-0.1, -0.05) is 24.3 Å². The molecule has 0 aliphatic rings. The molecule has 0 bridgehead atoms. The van der Waals surface area contributed by atoms with E-state index in [9.17, 15) is 18.0 Å². The van der Waals surface area contributed by atoms with Crippen LogP contribution in [0.4, 0.5) is 18.9 Å². The number of hydrogen-bond donors (Lipinski definition) is 1. The van der Waals surface area contributed by atoms with Gasteiger partial charge in [0.2, 0.25) is 0 Å². The summed E-state index contributed by atoms with van der Waals surface area (Å²) in [6.07, 6.45) is 0. The SMILES string of the molecule is COc1cccc(C(=O)Nc2cccc(OCc3cccc(F)c3)c2)c1OC(F)F. The third-order valence-corrected chi connectivity index (χ3v) is 4.04. The average molecular weight is 417 g/mol. The van der Waals surface area contributed by atoms with Gasteiger partial charge in [-0.2, -0.15) is 8.78 Å². The van der Waals surface area contributed by atoms with E-state index < -0.39 is 12.5 Å². The van der Waals surface area contributed by atoms with Crippen LogP contribution < -0.4 is 19.5 Å². The minimum absolute atomic E-state index is 0.00938. The number of ether oxygens (including phenoxy) is 3. The van der Waals surface area contributed by atoms with Crippen molar-refractivity contribution in [2.75, 3.05) is 12.4 Å². The maximum Gasteiger partial charge on any atom is 0.387 e. The van der Waals surface area contributed by atoms with E-state index in [0.29, 0.717) is 17.0 Å². The number of para-hydroxylation sites is 1. The normalized spacial score (nSPS) is 10.6. The molecule has 3 aromatic rings. The Balaban J connectivity index is 1.74. The van der Waals surface area contributed by atoms with Gasteiger partial charge in [-0.15, -0.1) is 0 Å². The van der Waals surface area contributed by atoms with Crippen LogP contribution in [-0.2, 0) is 6.61 Å². The van der Waals surface area contributed by atoms with Crippen molar-refractivity contribution in [1.29, 1.82) is 0 Å². The van der Waals surface area contributed by atoms with Gasteiger partial charge in [0.1, 0.15) is 18.2 Å². The standard InChI is InChI=1S/C22H18F3NO4/c1-28-19-10-4-9-18(20(19)30-22(24)25)21(27)26-16-7-3-8-17(12-16)29-13-14-5-2-6-15(23)11-14/h2-12,22H,13H2,1H3,(H,26,27). The molecule has 8 heteroatoms. The molecule has 0 unspecified atom stereocenters. The number of amides is 1. The van der Waals surface area contributed by atoms with Crippen LogP contribution in [0.15, 0.2) is 66.7 Å². The molecule has 5 nitrogen and oxygen atoms in total. The summed E-state index contributed by atoms with van der Waals surface area (Å²) in [5.41, 5.74) is 0.915. The lowest BCUT2D eigenvalue weighted by molar-refractivity contribution is -0.0515. The topological polar surface area (TPSA) is 56.8 Å². The van der Waals surface area contributed by atoms with Crippen LogP contribution in [-0.4, -0.2) is 19.6 Å². The molecule has 0 heterocycles. The highest BCUT2D eigenvalue weighted by atomic mass is 19.3. The number of hydrogen-bond acceptors (Lipinski definition) is 4. The van der Waals surface area contributed by atoms with Crippen molar-refractivity contribution in [1.82, 2.24) is 0 Å². The van der Waals surface area contributed by atoms with Gasteiger partial charge in [0, 0.05) is 11.8 Å². The minimum Gasteiger partial charge on any atom is -0.493 e. The highest BCUT2D eigenvalue weighted by Gasteiger charge is 2.20. The summed E-state index contributed by atoms with van der Waals surface area (Å²) in [7, 11) is 1.29. The Kier molecular flexibility index (Phi) is 6.79. The fourth-order valence-corrected chi connectivity index (χ4v) is 2.72. The van der Waals surface area contributed by atoms with E-state index in [0.717, 1.165) is 0 Å². The summed E-state index contributed by atoms with van der Waals surface area (Å²) in [5.74, 6) is -0.933. The van der Waals surface area contributed by atoms with Gasteiger partial charge < -0.3 is 19.5 Å². The zero-order chi connectivity index (χ0) is 21.5. The molecular weight excluding hydrogens is 399 g/mol. The largest absolute Gasteiger partial charge is 0.493 e. The van der Waals surface area contributed by atoms with Crippen LogP contribution >= 0.6 is 0 Å². The molecule has 1 amide bonds. The molecule has 0 atom stereocenters. The van der Waals surface area contributed by atoms with Crippen molar-refractivity contribution in [2.24, 2.45) is 0 Å². The van der Waals surface area contributed by atoms with Gasteiger partial charge in [0.05, 0.1) is 12.7 Å². The highest BCUT2D eigenvalue weighted by molar-refractivity contribution is 6.06. The van der Waals surface area contributed by atoms with Crippen LogP contribution in [0.3, 0.4) is 0 Å². The number of methoxy groups -OCH3 is 1. The Bertz CT molecular complexity index is 1030. The van der Waals surface area contributed by atoms with E-state index in [4.69, 9.17) is 9.47 Å². The molecule has 0 fully saturated rings. The number of alkyl halides is 2. The Labute approximate surface area is 171 Å². The lowest BCUT2D eigenvalue weighted by atomic mass is 10.1. The quantitative estimate of drug-likeness (QED) is 0.543. The van der Waals surface area contributed by atoms with E-state index in [1.54, 1.807) is 36.4 Å². The fourth-order valence-electron chi connectivity index (χ4n) is 2.72. The van der Waals surface area contributed by atoms with E-state index >= 15 is 0 Å². The molecule has 3 rings (SSSR count). The molecule has 1 N–H and O–H groups in total. The number of carbonyl (C=O) groups excluding carboxylic acids is 1. The molecule has 3 aromatic carbocycles. The molecule has 0 aromatic heterocycles. The number of rotatable bonds is 8. The zero-order valence-electron chi connectivity index (χ0n) is 15.9. The monoisotopic (exact) mass is 417 g/mol. The van der Waals surface area contributed by atoms with E-state index in [2.05, 4.69) is 10.1 Å².